The van der Waals surface area contributed by atoms with Crippen LogP contribution in [0.2, 0.25) is 0 Å². The van der Waals surface area contributed by atoms with Crippen LogP contribution in [-0.4, -0.2) is 15.1 Å². The molecule has 2 aromatic rings. The van der Waals surface area contributed by atoms with Gasteiger partial charge in [-0.2, -0.15) is 4.98 Å². The number of aromatic nitrogens is 2. The SMILES string of the molecule is O=[N+]([O-])c1ccc(-c2noc(S)n2)cc1. The van der Waals surface area contributed by atoms with Crippen molar-refractivity contribution < 1.29 is 9.45 Å². The first-order valence-electron chi connectivity index (χ1n) is 3.94. The van der Waals surface area contributed by atoms with Crippen molar-refractivity contribution in [2.75, 3.05) is 0 Å². The smallest absolute Gasteiger partial charge is 0.282 e. The van der Waals surface area contributed by atoms with E-state index in [0.29, 0.717) is 11.4 Å². The minimum Gasteiger partial charge on any atom is -0.327 e. The van der Waals surface area contributed by atoms with Gasteiger partial charge in [-0.15, -0.1) is 0 Å². The van der Waals surface area contributed by atoms with Gasteiger partial charge >= 0.3 is 0 Å². The van der Waals surface area contributed by atoms with Crippen molar-refractivity contribution in [1.29, 1.82) is 0 Å². The highest BCUT2D eigenvalue weighted by Gasteiger charge is 2.08. The lowest BCUT2D eigenvalue weighted by Crippen LogP contribution is -1.87. The van der Waals surface area contributed by atoms with E-state index in [-0.39, 0.29) is 10.9 Å². The standard InChI is InChI=1S/C8H5N3O3S/c12-11(13)6-3-1-5(2-4-6)7-9-8(15)14-10-7/h1-4H,(H,9,10,15). The van der Waals surface area contributed by atoms with Crippen molar-refractivity contribution in [2.45, 2.75) is 5.22 Å². The quantitative estimate of drug-likeness (QED) is 0.478. The molecule has 0 aliphatic rings. The van der Waals surface area contributed by atoms with E-state index in [1.807, 2.05) is 0 Å². The molecule has 0 aliphatic heterocycles. The summed E-state index contributed by atoms with van der Waals surface area (Å²) in [5, 5.41) is 14.2. The van der Waals surface area contributed by atoms with Gasteiger partial charge in [0.1, 0.15) is 0 Å². The number of nitrogens with zero attached hydrogens (tertiary/aromatic N) is 3. The number of hydrogen-bond acceptors (Lipinski definition) is 6. The Labute approximate surface area is 89.5 Å². The first-order chi connectivity index (χ1) is 7.16. The Morgan fingerprint density at radius 2 is 2.00 bits per heavy atom. The number of nitro benzene ring substituents is 1. The summed E-state index contributed by atoms with van der Waals surface area (Å²) in [6, 6.07) is 5.86. The number of thiol groups is 1. The van der Waals surface area contributed by atoms with Gasteiger partial charge in [0, 0.05) is 17.7 Å². The molecule has 1 heterocycles. The van der Waals surface area contributed by atoms with E-state index in [1.165, 1.54) is 12.1 Å². The van der Waals surface area contributed by atoms with Crippen LogP contribution in [0.3, 0.4) is 0 Å². The molecule has 7 heteroatoms. The van der Waals surface area contributed by atoms with Crippen LogP contribution in [0, 0.1) is 10.1 Å². The van der Waals surface area contributed by atoms with Gasteiger partial charge in [-0.05, 0) is 12.1 Å². The molecule has 0 amide bonds. The molecule has 76 valence electrons. The Balaban J connectivity index is 2.35. The van der Waals surface area contributed by atoms with E-state index in [2.05, 4.69) is 27.3 Å². The van der Waals surface area contributed by atoms with Crippen LogP contribution in [0.1, 0.15) is 0 Å². The summed E-state index contributed by atoms with van der Waals surface area (Å²) < 4.78 is 4.67. The van der Waals surface area contributed by atoms with Crippen molar-refractivity contribution in [3.63, 3.8) is 0 Å². The summed E-state index contributed by atoms with van der Waals surface area (Å²) >= 11 is 3.86. The maximum Gasteiger partial charge on any atom is 0.282 e. The zero-order valence-corrected chi connectivity index (χ0v) is 8.22. The molecule has 2 rings (SSSR count). The second-order valence-corrected chi connectivity index (χ2v) is 3.09. The molecule has 15 heavy (non-hydrogen) atoms. The van der Waals surface area contributed by atoms with Gasteiger partial charge in [-0.25, -0.2) is 0 Å². The van der Waals surface area contributed by atoms with Crippen LogP contribution in [-0.2, 0) is 0 Å². The van der Waals surface area contributed by atoms with Gasteiger partial charge in [-0.3, -0.25) is 10.1 Å². The number of non-ortho nitro benzene ring substituents is 1. The van der Waals surface area contributed by atoms with Crippen molar-refractivity contribution in [1.82, 2.24) is 10.1 Å². The minimum atomic E-state index is -0.468. The summed E-state index contributed by atoms with van der Waals surface area (Å²) in [5.74, 6) is 0.356. The third-order valence-corrected chi connectivity index (χ3v) is 1.93. The van der Waals surface area contributed by atoms with Gasteiger partial charge in [0.25, 0.3) is 10.9 Å². The van der Waals surface area contributed by atoms with Crippen LogP contribution >= 0.6 is 12.6 Å². The average molecular weight is 223 g/mol. The topological polar surface area (TPSA) is 82.1 Å². The fraction of sp³-hybridized carbons (Fsp3) is 0. The molecule has 0 fully saturated rings. The van der Waals surface area contributed by atoms with Crippen LogP contribution in [0.25, 0.3) is 11.4 Å². The van der Waals surface area contributed by atoms with E-state index < -0.39 is 4.92 Å². The van der Waals surface area contributed by atoms with Crippen molar-refractivity contribution in [3.8, 4) is 11.4 Å². The Morgan fingerprint density at radius 1 is 1.33 bits per heavy atom. The van der Waals surface area contributed by atoms with Crippen molar-refractivity contribution in [2.24, 2.45) is 0 Å². The Kier molecular flexibility index (Phi) is 2.38. The van der Waals surface area contributed by atoms with E-state index >= 15 is 0 Å². The van der Waals surface area contributed by atoms with E-state index in [1.54, 1.807) is 12.1 Å². The highest BCUT2D eigenvalue weighted by Crippen LogP contribution is 2.20. The Bertz CT molecular complexity index is 494. The predicted octanol–water partition coefficient (Wildman–Crippen LogP) is 1.93. The van der Waals surface area contributed by atoms with Crippen LogP contribution in [0.5, 0.6) is 0 Å². The third-order valence-electron chi connectivity index (χ3n) is 1.75. The van der Waals surface area contributed by atoms with Gasteiger partial charge < -0.3 is 4.52 Å². The molecule has 0 unspecified atom stereocenters. The van der Waals surface area contributed by atoms with Gasteiger partial charge in [0.05, 0.1) is 4.92 Å². The monoisotopic (exact) mass is 223 g/mol. The predicted molar refractivity (Wildman–Crippen MR) is 53.6 cm³/mol. The zero-order chi connectivity index (χ0) is 10.8. The second kappa shape index (κ2) is 3.70. The maximum atomic E-state index is 10.4. The molecule has 0 bridgehead atoms. The average Bonchev–Trinajstić information content (AvgIpc) is 2.65. The van der Waals surface area contributed by atoms with Crippen molar-refractivity contribution in [3.05, 3.63) is 34.4 Å². The molecule has 0 atom stereocenters. The first kappa shape index (κ1) is 9.66. The molecule has 0 spiro atoms. The first-order valence-corrected chi connectivity index (χ1v) is 4.39. The summed E-state index contributed by atoms with van der Waals surface area (Å²) in [5.41, 5.74) is 0.665. The number of rotatable bonds is 2. The molecular weight excluding hydrogens is 218 g/mol. The Hall–Kier alpha value is -1.89. The number of nitro groups is 1. The van der Waals surface area contributed by atoms with Crippen LogP contribution < -0.4 is 0 Å². The summed E-state index contributed by atoms with van der Waals surface area (Å²) in [6.45, 7) is 0. The van der Waals surface area contributed by atoms with Crippen LogP contribution in [0.4, 0.5) is 5.69 Å². The molecule has 1 aromatic heterocycles. The highest BCUT2D eigenvalue weighted by molar-refractivity contribution is 7.80. The van der Waals surface area contributed by atoms with Gasteiger partial charge in [0.2, 0.25) is 5.82 Å². The van der Waals surface area contributed by atoms with Gasteiger partial charge in [0.15, 0.2) is 0 Å². The summed E-state index contributed by atoms with van der Waals surface area (Å²) in [7, 11) is 0. The number of benzene rings is 1. The summed E-state index contributed by atoms with van der Waals surface area (Å²) in [4.78, 5) is 13.8. The molecule has 0 saturated heterocycles. The largest absolute Gasteiger partial charge is 0.327 e. The molecule has 0 radical (unpaired) electrons. The summed E-state index contributed by atoms with van der Waals surface area (Å²) in [6.07, 6.45) is 0. The molecule has 6 nitrogen and oxygen atoms in total. The fourth-order valence-corrected chi connectivity index (χ4v) is 1.20. The second-order valence-electron chi connectivity index (χ2n) is 2.70. The normalized spacial score (nSPS) is 10.2. The molecular formula is C8H5N3O3S. The molecule has 1 aromatic carbocycles. The highest BCUT2D eigenvalue weighted by atomic mass is 32.1. The lowest BCUT2D eigenvalue weighted by Gasteiger charge is -1.93. The Morgan fingerprint density at radius 3 is 2.47 bits per heavy atom. The fourth-order valence-electron chi connectivity index (χ4n) is 1.06. The van der Waals surface area contributed by atoms with E-state index in [0.717, 1.165) is 0 Å². The van der Waals surface area contributed by atoms with Crippen molar-refractivity contribution >= 4 is 18.3 Å². The van der Waals surface area contributed by atoms with Gasteiger partial charge in [-0.1, -0.05) is 17.8 Å². The lowest BCUT2D eigenvalue weighted by molar-refractivity contribution is -0.384. The van der Waals surface area contributed by atoms with E-state index in [4.69, 9.17) is 0 Å². The third kappa shape index (κ3) is 1.96. The minimum absolute atomic E-state index is 0.0216. The molecule has 0 saturated carbocycles. The lowest BCUT2D eigenvalue weighted by atomic mass is 10.2. The maximum absolute atomic E-state index is 10.4. The van der Waals surface area contributed by atoms with Crippen LogP contribution in [0.15, 0.2) is 34.0 Å². The zero-order valence-electron chi connectivity index (χ0n) is 7.32. The molecule has 0 aliphatic carbocycles. The number of hydrogen-bond donors (Lipinski definition) is 1. The molecule has 0 N–H and O–H groups in total. The van der Waals surface area contributed by atoms with E-state index in [9.17, 15) is 10.1 Å².